The molecule has 2 nitrogen and oxygen atoms in total. The third-order valence-electron chi connectivity index (χ3n) is 2.48. The Kier molecular flexibility index (Phi) is 3.40. The third-order valence-corrected chi connectivity index (χ3v) is 3.54. The molecule has 0 aliphatic rings. The molecule has 15 heavy (non-hydrogen) atoms. The Morgan fingerprint density at radius 2 is 1.87 bits per heavy atom. The van der Waals surface area contributed by atoms with Crippen molar-refractivity contribution in [2.24, 2.45) is 5.73 Å². The van der Waals surface area contributed by atoms with Crippen LogP contribution in [0.5, 0.6) is 0 Å². The van der Waals surface area contributed by atoms with Crippen molar-refractivity contribution in [1.82, 2.24) is 4.98 Å². The van der Waals surface area contributed by atoms with E-state index >= 15 is 0 Å². The van der Waals surface area contributed by atoms with Gasteiger partial charge in [-0.3, -0.25) is 0 Å². The summed E-state index contributed by atoms with van der Waals surface area (Å²) in [7, 11) is 0. The van der Waals surface area contributed by atoms with Crippen molar-refractivity contribution in [2.75, 3.05) is 0 Å². The second-order valence-electron chi connectivity index (χ2n) is 3.40. The summed E-state index contributed by atoms with van der Waals surface area (Å²) in [4.78, 5) is 3.56. The van der Waals surface area contributed by atoms with Crippen LogP contribution in [0.3, 0.4) is 0 Å². The van der Waals surface area contributed by atoms with Crippen LogP contribution >= 0.6 is 11.3 Å². The van der Waals surface area contributed by atoms with Crippen molar-refractivity contribution in [3.05, 3.63) is 16.1 Å². The first-order valence-corrected chi connectivity index (χ1v) is 5.53. The summed E-state index contributed by atoms with van der Waals surface area (Å²) in [5, 5.41) is 1.38. The van der Waals surface area contributed by atoms with Crippen LogP contribution in [0.1, 0.15) is 37.4 Å². The topological polar surface area (TPSA) is 38.9 Å². The van der Waals surface area contributed by atoms with E-state index in [0.29, 0.717) is 17.8 Å². The molecule has 0 saturated heterocycles. The maximum atomic E-state index is 12.3. The van der Waals surface area contributed by atoms with E-state index in [1.165, 1.54) is 0 Å². The van der Waals surface area contributed by atoms with Gasteiger partial charge < -0.3 is 5.73 Å². The van der Waals surface area contributed by atoms with E-state index in [4.69, 9.17) is 5.73 Å². The second kappa shape index (κ2) is 4.09. The summed E-state index contributed by atoms with van der Waals surface area (Å²) in [5.74, 6) is 0. The van der Waals surface area contributed by atoms with Crippen molar-refractivity contribution >= 4 is 11.3 Å². The molecule has 86 valence electrons. The van der Waals surface area contributed by atoms with Gasteiger partial charge in [0.05, 0.1) is 5.54 Å². The van der Waals surface area contributed by atoms with Crippen molar-refractivity contribution in [3.63, 3.8) is 0 Å². The van der Waals surface area contributed by atoms with Gasteiger partial charge in [0.15, 0.2) is 5.69 Å². The molecule has 0 unspecified atom stereocenters. The minimum Gasteiger partial charge on any atom is -0.319 e. The SMILES string of the molecule is CCC(N)(CC)c1nc(C(F)(F)F)cs1. The standard InChI is InChI=1S/C9H13F3N2S/c1-3-8(13,4-2)7-14-6(5-15-7)9(10,11)12/h5H,3-4,13H2,1-2H3. The van der Waals surface area contributed by atoms with E-state index in [2.05, 4.69) is 4.98 Å². The fourth-order valence-corrected chi connectivity index (χ4v) is 2.27. The first-order valence-electron chi connectivity index (χ1n) is 4.65. The van der Waals surface area contributed by atoms with Crippen LogP contribution < -0.4 is 5.73 Å². The van der Waals surface area contributed by atoms with Gasteiger partial charge in [-0.1, -0.05) is 13.8 Å². The Morgan fingerprint density at radius 1 is 1.33 bits per heavy atom. The van der Waals surface area contributed by atoms with E-state index in [1.807, 2.05) is 13.8 Å². The van der Waals surface area contributed by atoms with Crippen LogP contribution in [0.4, 0.5) is 13.2 Å². The first kappa shape index (κ1) is 12.4. The molecule has 1 aromatic rings. The smallest absolute Gasteiger partial charge is 0.319 e. The molecule has 0 fully saturated rings. The molecule has 0 aromatic carbocycles. The fraction of sp³-hybridized carbons (Fsp3) is 0.667. The Balaban J connectivity index is 3.03. The summed E-state index contributed by atoms with van der Waals surface area (Å²) < 4.78 is 36.9. The molecule has 0 radical (unpaired) electrons. The van der Waals surface area contributed by atoms with E-state index in [0.717, 1.165) is 16.7 Å². The number of hydrogen-bond acceptors (Lipinski definition) is 3. The quantitative estimate of drug-likeness (QED) is 0.878. The molecule has 0 amide bonds. The lowest BCUT2D eigenvalue weighted by Crippen LogP contribution is -2.35. The molecule has 6 heteroatoms. The summed E-state index contributed by atoms with van der Waals surface area (Å²) >= 11 is 0.976. The highest BCUT2D eigenvalue weighted by Gasteiger charge is 2.36. The zero-order valence-corrected chi connectivity index (χ0v) is 9.37. The van der Waals surface area contributed by atoms with Gasteiger partial charge in [-0.05, 0) is 12.8 Å². The number of rotatable bonds is 3. The number of halogens is 3. The van der Waals surface area contributed by atoms with Crippen LogP contribution in [0.2, 0.25) is 0 Å². The molecule has 1 aromatic heterocycles. The highest BCUT2D eigenvalue weighted by Crippen LogP contribution is 2.34. The number of hydrogen-bond donors (Lipinski definition) is 1. The van der Waals surface area contributed by atoms with Crippen molar-refractivity contribution < 1.29 is 13.2 Å². The van der Waals surface area contributed by atoms with Gasteiger partial charge in [0.1, 0.15) is 5.01 Å². The van der Waals surface area contributed by atoms with Gasteiger partial charge in [-0.15, -0.1) is 11.3 Å². The van der Waals surface area contributed by atoms with Crippen LogP contribution in [-0.4, -0.2) is 4.98 Å². The number of aromatic nitrogens is 1. The monoisotopic (exact) mass is 238 g/mol. The van der Waals surface area contributed by atoms with Gasteiger partial charge in [-0.25, -0.2) is 4.98 Å². The number of thiazole rings is 1. The molecular weight excluding hydrogens is 225 g/mol. The molecule has 0 saturated carbocycles. The molecule has 1 rings (SSSR count). The number of nitrogens with zero attached hydrogens (tertiary/aromatic N) is 1. The van der Waals surface area contributed by atoms with Crippen molar-refractivity contribution in [3.8, 4) is 0 Å². The molecular formula is C9H13F3N2S. The van der Waals surface area contributed by atoms with Gasteiger partial charge in [0.25, 0.3) is 0 Å². The molecule has 1 heterocycles. The molecule has 0 aliphatic heterocycles. The third kappa shape index (κ3) is 2.49. The predicted molar refractivity (Wildman–Crippen MR) is 53.6 cm³/mol. The maximum absolute atomic E-state index is 12.3. The Hall–Kier alpha value is -0.620. The minimum absolute atomic E-state index is 0.361. The lowest BCUT2D eigenvalue weighted by Gasteiger charge is -2.23. The zero-order valence-electron chi connectivity index (χ0n) is 8.56. The van der Waals surface area contributed by atoms with Crippen LogP contribution in [-0.2, 0) is 11.7 Å². The van der Waals surface area contributed by atoms with E-state index in [-0.39, 0.29) is 0 Å². The Morgan fingerprint density at radius 3 is 2.20 bits per heavy atom. The predicted octanol–water partition coefficient (Wildman–Crippen LogP) is 3.14. The Bertz CT molecular complexity index is 328. The highest BCUT2D eigenvalue weighted by atomic mass is 32.1. The van der Waals surface area contributed by atoms with Gasteiger partial charge >= 0.3 is 6.18 Å². The van der Waals surface area contributed by atoms with E-state index < -0.39 is 17.4 Å². The molecule has 0 aliphatic carbocycles. The van der Waals surface area contributed by atoms with Crippen LogP contribution in [0.15, 0.2) is 5.38 Å². The second-order valence-corrected chi connectivity index (χ2v) is 4.26. The molecule has 0 atom stereocenters. The molecule has 0 bridgehead atoms. The largest absolute Gasteiger partial charge is 0.434 e. The molecule has 2 N–H and O–H groups in total. The zero-order chi connectivity index (χ0) is 11.7. The Labute approximate surface area is 90.3 Å². The average molecular weight is 238 g/mol. The lowest BCUT2D eigenvalue weighted by atomic mass is 9.95. The van der Waals surface area contributed by atoms with Crippen LogP contribution in [0.25, 0.3) is 0 Å². The lowest BCUT2D eigenvalue weighted by molar-refractivity contribution is -0.140. The summed E-state index contributed by atoms with van der Waals surface area (Å²) in [6.45, 7) is 3.69. The van der Waals surface area contributed by atoms with Crippen molar-refractivity contribution in [2.45, 2.75) is 38.4 Å². The average Bonchev–Trinajstić information content (AvgIpc) is 2.65. The fourth-order valence-electron chi connectivity index (χ4n) is 1.19. The van der Waals surface area contributed by atoms with E-state index in [1.54, 1.807) is 0 Å². The summed E-state index contributed by atoms with van der Waals surface area (Å²) in [6, 6.07) is 0. The first-order chi connectivity index (χ1) is 6.83. The summed E-state index contributed by atoms with van der Waals surface area (Å²) in [6.07, 6.45) is -3.22. The van der Waals surface area contributed by atoms with E-state index in [9.17, 15) is 13.2 Å². The summed E-state index contributed by atoms with van der Waals surface area (Å²) in [5.41, 5.74) is 4.38. The number of nitrogens with two attached hydrogens (primary N) is 1. The van der Waals surface area contributed by atoms with Crippen LogP contribution in [0, 0.1) is 0 Å². The molecule has 0 spiro atoms. The van der Waals surface area contributed by atoms with Crippen molar-refractivity contribution in [1.29, 1.82) is 0 Å². The minimum atomic E-state index is -4.38. The highest BCUT2D eigenvalue weighted by molar-refractivity contribution is 7.09. The normalized spacial score (nSPS) is 13.2. The van der Waals surface area contributed by atoms with Gasteiger partial charge in [0.2, 0.25) is 0 Å². The number of alkyl halides is 3. The van der Waals surface area contributed by atoms with Gasteiger partial charge in [-0.2, -0.15) is 13.2 Å². The van der Waals surface area contributed by atoms with Gasteiger partial charge in [0, 0.05) is 5.38 Å². The maximum Gasteiger partial charge on any atom is 0.434 e.